The molecule has 0 unspecified atom stereocenters. The average molecular weight is 448 g/mol. The number of hydrogen-bond acceptors (Lipinski definition) is 4. The predicted octanol–water partition coefficient (Wildman–Crippen LogP) is 3.18. The van der Waals surface area contributed by atoms with Crippen molar-refractivity contribution in [3.05, 3.63) is 59.9 Å². The van der Waals surface area contributed by atoms with Crippen LogP contribution in [0.3, 0.4) is 0 Å². The Balaban J connectivity index is 1.70. The summed E-state index contributed by atoms with van der Waals surface area (Å²) in [7, 11) is -1.92. The molecule has 0 aliphatic carbocycles. The molecule has 1 amide bonds. The van der Waals surface area contributed by atoms with Crippen LogP contribution in [0.15, 0.2) is 53.4 Å². The number of sulfonamides is 1. The number of rotatable bonds is 8. The fourth-order valence-corrected chi connectivity index (χ4v) is 5.13. The van der Waals surface area contributed by atoms with E-state index in [-0.39, 0.29) is 17.3 Å². The van der Waals surface area contributed by atoms with Crippen LogP contribution >= 0.6 is 0 Å². The molecule has 2 aromatic rings. The van der Waals surface area contributed by atoms with E-state index in [0.717, 1.165) is 54.4 Å². The van der Waals surface area contributed by atoms with Crippen LogP contribution < -0.4 is 9.62 Å². The molecule has 0 radical (unpaired) electrons. The van der Waals surface area contributed by atoms with Crippen LogP contribution in [0, 0.1) is 18.7 Å². The van der Waals surface area contributed by atoms with Crippen molar-refractivity contribution in [3.63, 3.8) is 0 Å². The Morgan fingerprint density at radius 2 is 1.71 bits per heavy atom. The van der Waals surface area contributed by atoms with Crippen molar-refractivity contribution in [3.8, 4) is 0 Å². The minimum absolute atomic E-state index is 0.0615. The van der Waals surface area contributed by atoms with Crippen LogP contribution in [0.2, 0.25) is 0 Å². The molecule has 0 atom stereocenters. The number of nitrogens with zero attached hydrogens (tertiary/aromatic N) is 2. The van der Waals surface area contributed by atoms with E-state index in [4.69, 9.17) is 0 Å². The molecule has 0 saturated carbocycles. The van der Waals surface area contributed by atoms with Crippen LogP contribution in [0.4, 0.5) is 10.1 Å². The maximum Gasteiger partial charge on any atom is 0.264 e. The van der Waals surface area contributed by atoms with Gasteiger partial charge in [0.2, 0.25) is 5.91 Å². The topological polar surface area (TPSA) is 69.7 Å². The van der Waals surface area contributed by atoms with Gasteiger partial charge < -0.3 is 10.2 Å². The molecule has 6 nitrogen and oxygen atoms in total. The Hall–Kier alpha value is -2.45. The number of nitrogens with one attached hydrogen (secondary N) is 1. The number of amides is 1. The van der Waals surface area contributed by atoms with Crippen molar-refractivity contribution in [1.29, 1.82) is 0 Å². The second-order valence-corrected chi connectivity index (χ2v) is 10.0. The van der Waals surface area contributed by atoms with Gasteiger partial charge in [-0.05, 0) is 88.6 Å². The second-order valence-electron chi connectivity index (χ2n) is 8.19. The van der Waals surface area contributed by atoms with Gasteiger partial charge in [0.1, 0.15) is 12.4 Å². The number of aryl methyl sites for hydroxylation is 1. The number of carbonyl (C=O) groups excluding carboxylic acids is 1. The Labute approximate surface area is 184 Å². The fourth-order valence-electron chi connectivity index (χ4n) is 3.71. The molecule has 168 valence electrons. The smallest absolute Gasteiger partial charge is 0.264 e. The van der Waals surface area contributed by atoms with E-state index in [2.05, 4.69) is 17.3 Å². The van der Waals surface area contributed by atoms with E-state index >= 15 is 0 Å². The van der Waals surface area contributed by atoms with Crippen LogP contribution in [0.1, 0.15) is 24.8 Å². The Morgan fingerprint density at radius 1 is 1.10 bits per heavy atom. The van der Waals surface area contributed by atoms with Gasteiger partial charge in [-0.3, -0.25) is 9.10 Å². The van der Waals surface area contributed by atoms with Gasteiger partial charge in [-0.1, -0.05) is 17.7 Å². The number of hydrogen-bond donors (Lipinski definition) is 1. The van der Waals surface area contributed by atoms with Crippen LogP contribution in [-0.4, -0.2) is 52.5 Å². The lowest BCUT2D eigenvalue weighted by molar-refractivity contribution is -0.119. The number of halogens is 1. The summed E-state index contributed by atoms with van der Waals surface area (Å²) in [4.78, 5) is 14.9. The van der Waals surface area contributed by atoms with Gasteiger partial charge in [0.25, 0.3) is 10.0 Å². The van der Waals surface area contributed by atoms with Gasteiger partial charge in [-0.15, -0.1) is 0 Å². The molecule has 0 bridgehead atoms. The second kappa shape index (κ2) is 10.2. The standard InChI is InChI=1S/C23H30FN3O3S/c1-18-3-7-21(8-4-18)27(31(29,30)22-9-5-20(24)6-10-22)17-23(28)25-14-11-19-12-15-26(2)16-13-19/h3-10,19H,11-17H2,1-2H3,(H,25,28). The zero-order valence-corrected chi connectivity index (χ0v) is 18.9. The molecule has 1 N–H and O–H groups in total. The zero-order chi connectivity index (χ0) is 22.4. The maximum absolute atomic E-state index is 13.3. The van der Waals surface area contributed by atoms with Crippen molar-refractivity contribution in [2.24, 2.45) is 5.92 Å². The molecule has 0 aromatic heterocycles. The molecule has 3 rings (SSSR count). The SMILES string of the molecule is Cc1ccc(N(CC(=O)NCCC2CCN(C)CC2)S(=O)(=O)c2ccc(F)cc2)cc1. The molecular weight excluding hydrogens is 417 g/mol. The number of anilines is 1. The average Bonchev–Trinajstić information content (AvgIpc) is 2.74. The van der Waals surface area contributed by atoms with E-state index in [1.54, 1.807) is 24.3 Å². The quantitative estimate of drug-likeness (QED) is 0.675. The third-order valence-corrected chi connectivity index (χ3v) is 7.51. The van der Waals surface area contributed by atoms with Gasteiger partial charge in [0, 0.05) is 6.54 Å². The van der Waals surface area contributed by atoms with Crippen molar-refractivity contribution < 1.29 is 17.6 Å². The lowest BCUT2D eigenvalue weighted by Crippen LogP contribution is -2.41. The van der Waals surface area contributed by atoms with Gasteiger partial charge in [-0.25, -0.2) is 12.8 Å². The molecule has 0 spiro atoms. The Bertz CT molecular complexity index is 970. The summed E-state index contributed by atoms with van der Waals surface area (Å²) in [5.41, 5.74) is 1.37. The highest BCUT2D eigenvalue weighted by Gasteiger charge is 2.27. The van der Waals surface area contributed by atoms with E-state index < -0.39 is 15.8 Å². The van der Waals surface area contributed by atoms with Crippen molar-refractivity contribution in [2.75, 3.05) is 37.5 Å². The van der Waals surface area contributed by atoms with Crippen molar-refractivity contribution in [1.82, 2.24) is 10.2 Å². The van der Waals surface area contributed by atoms with E-state index in [1.165, 1.54) is 12.1 Å². The number of piperidine rings is 1. The summed E-state index contributed by atoms with van der Waals surface area (Å²) >= 11 is 0. The normalized spacial score (nSPS) is 15.6. The van der Waals surface area contributed by atoms with Crippen molar-refractivity contribution in [2.45, 2.75) is 31.1 Å². The third kappa shape index (κ3) is 6.27. The van der Waals surface area contributed by atoms with E-state index in [0.29, 0.717) is 18.2 Å². The minimum atomic E-state index is -4.03. The summed E-state index contributed by atoms with van der Waals surface area (Å²) < 4.78 is 40.8. The Morgan fingerprint density at radius 3 is 2.32 bits per heavy atom. The molecule has 1 saturated heterocycles. The monoisotopic (exact) mass is 447 g/mol. The number of benzene rings is 2. The largest absolute Gasteiger partial charge is 0.355 e. The first kappa shape index (κ1) is 23.2. The number of likely N-dealkylation sites (tertiary alicyclic amines) is 1. The molecule has 1 aliphatic rings. The van der Waals surface area contributed by atoms with E-state index in [9.17, 15) is 17.6 Å². The van der Waals surface area contributed by atoms with Crippen LogP contribution in [-0.2, 0) is 14.8 Å². The molecular formula is C23H30FN3O3S. The first-order valence-corrected chi connectivity index (χ1v) is 12.0. The highest BCUT2D eigenvalue weighted by atomic mass is 32.2. The molecule has 8 heteroatoms. The fraction of sp³-hybridized carbons (Fsp3) is 0.435. The lowest BCUT2D eigenvalue weighted by atomic mass is 9.94. The molecule has 1 aliphatic heterocycles. The lowest BCUT2D eigenvalue weighted by Gasteiger charge is -2.29. The highest BCUT2D eigenvalue weighted by molar-refractivity contribution is 7.92. The summed E-state index contributed by atoms with van der Waals surface area (Å²) in [5, 5.41) is 2.87. The molecule has 1 heterocycles. The molecule has 1 fully saturated rings. The van der Waals surface area contributed by atoms with Crippen LogP contribution in [0.5, 0.6) is 0 Å². The maximum atomic E-state index is 13.3. The zero-order valence-electron chi connectivity index (χ0n) is 18.1. The minimum Gasteiger partial charge on any atom is -0.355 e. The van der Waals surface area contributed by atoms with Gasteiger partial charge in [0.15, 0.2) is 0 Å². The van der Waals surface area contributed by atoms with Gasteiger partial charge >= 0.3 is 0 Å². The highest BCUT2D eigenvalue weighted by Crippen LogP contribution is 2.24. The van der Waals surface area contributed by atoms with Gasteiger partial charge in [-0.2, -0.15) is 0 Å². The summed E-state index contributed by atoms with van der Waals surface area (Å²) in [6, 6.07) is 11.5. The summed E-state index contributed by atoms with van der Waals surface area (Å²) in [6.07, 6.45) is 3.11. The van der Waals surface area contributed by atoms with Crippen molar-refractivity contribution >= 4 is 21.6 Å². The molecule has 2 aromatic carbocycles. The first-order chi connectivity index (χ1) is 14.8. The van der Waals surface area contributed by atoms with Gasteiger partial charge in [0.05, 0.1) is 10.6 Å². The summed E-state index contributed by atoms with van der Waals surface area (Å²) in [6.45, 7) is 4.21. The first-order valence-electron chi connectivity index (χ1n) is 10.6. The number of carbonyl (C=O) groups is 1. The third-order valence-electron chi connectivity index (χ3n) is 5.72. The van der Waals surface area contributed by atoms with E-state index in [1.807, 2.05) is 6.92 Å². The van der Waals surface area contributed by atoms with Crippen LogP contribution in [0.25, 0.3) is 0 Å². The summed E-state index contributed by atoms with van der Waals surface area (Å²) in [5.74, 6) is -0.306. The molecule has 31 heavy (non-hydrogen) atoms. The predicted molar refractivity (Wildman–Crippen MR) is 120 cm³/mol. The Kier molecular flexibility index (Phi) is 7.67.